The summed E-state index contributed by atoms with van der Waals surface area (Å²) in [5.74, 6) is 1.40. The third-order valence-corrected chi connectivity index (χ3v) is 5.49. The highest BCUT2D eigenvalue weighted by atomic mass is 127. The van der Waals surface area contributed by atoms with Gasteiger partial charge in [-0.3, -0.25) is 9.79 Å². The molecule has 8 heteroatoms. The molecule has 2 fully saturated rings. The number of halogens is 2. The number of carbonyl (C=O) groups is 1. The molecule has 1 amide bonds. The molecule has 1 saturated carbocycles. The summed E-state index contributed by atoms with van der Waals surface area (Å²) in [6, 6.07) is 4.05. The quantitative estimate of drug-likeness (QED) is 0.279. The molecule has 27 heavy (non-hydrogen) atoms. The molecule has 2 aliphatic rings. The third kappa shape index (κ3) is 6.48. The van der Waals surface area contributed by atoms with E-state index in [2.05, 4.69) is 20.6 Å². The molecule has 0 aromatic carbocycles. The molecular weight excluding hydrogens is 477 g/mol. The summed E-state index contributed by atoms with van der Waals surface area (Å²) >= 11 is 5.81. The molecule has 0 spiro atoms. The van der Waals surface area contributed by atoms with Gasteiger partial charge in [-0.25, -0.2) is 4.98 Å². The van der Waals surface area contributed by atoms with Crippen LogP contribution in [-0.2, 0) is 11.2 Å². The summed E-state index contributed by atoms with van der Waals surface area (Å²) in [4.78, 5) is 23.0. The number of rotatable bonds is 5. The van der Waals surface area contributed by atoms with E-state index < -0.39 is 0 Å². The van der Waals surface area contributed by atoms with Gasteiger partial charge in [0.2, 0.25) is 5.91 Å². The molecule has 3 rings (SSSR count). The number of aliphatic imine (C=N–C) groups is 1. The normalized spacial score (nSPS) is 20.4. The van der Waals surface area contributed by atoms with Crippen LogP contribution in [0, 0.1) is 5.92 Å². The maximum atomic E-state index is 12.5. The second kappa shape index (κ2) is 11.0. The van der Waals surface area contributed by atoms with Crippen LogP contribution in [0.5, 0.6) is 0 Å². The minimum atomic E-state index is 0. The van der Waals surface area contributed by atoms with Crippen LogP contribution in [-0.4, -0.2) is 54.5 Å². The molecule has 2 N–H and O–H groups in total. The highest BCUT2D eigenvalue weighted by Gasteiger charge is 2.32. The first-order valence-electron chi connectivity index (χ1n) is 9.52. The second-order valence-electron chi connectivity index (χ2n) is 7.13. The number of likely N-dealkylation sites (tertiary alicyclic amines) is 1. The van der Waals surface area contributed by atoms with E-state index in [0.29, 0.717) is 11.1 Å². The summed E-state index contributed by atoms with van der Waals surface area (Å²) in [5, 5.41) is 7.29. The van der Waals surface area contributed by atoms with Crippen molar-refractivity contribution in [3.63, 3.8) is 0 Å². The lowest BCUT2D eigenvalue weighted by Gasteiger charge is -2.21. The Bertz CT molecular complexity index is 633. The number of guanidine groups is 1. The molecule has 150 valence electrons. The van der Waals surface area contributed by atoms with E-state index in [4.69, 9.17) is 11.6 Å². The van der Waals surface area contributed by atoms with Crippen LogP contribution in [0.2, 0.25) is 5.15 Å². The largest absolute Gasteiger partial charge is 0.356 e. The van der Waals surface area contributed by atoms with Crippen molar-refractivity contribution in [2.24, 2.45) is 10.9 Å². The maximum absolute atomic E-state index is 12.5. The Morgan fingerprint density at radius 3 is 2.78 bits per heavy atom. The van der Waals surface area contributed by atoms with E-state index in [1.807, 2.05) is 11.0 Å². The van der Waals surface area contributed by atoms with E-state index in [1.54, 1.807) is 19.3 Å². The molecule has 1 aliphatic heterocycles. The van der Waals surface area contributed by atoms with Crippen LogP contribution in [0.15, 0.2) is 23.3 Å². The van der Waals surface area contributed by atoms with Gasteiger partial charge in [-0.15, -0.1) is 24.0 Å². The number of pyridine rings is 1. The van der Waals surface area contributed by atoms with Gasteiger partial charge >= 0.3 is 0 Å². The minimum Gasteiger partial charge on any atom is -0.356 e. The summed E-state index contributed by atoms with van der Waals surface area (Å²) in [6.45, 7) is 2.39. The Balaban J connectivity index is 0.00000261. The molecule has 1 aromatic rings. The van der Waals surface area contributed by atoms with Crippen LogP contribution in [0.3, 0.4) is 0 Å². The molecule has 0 bridgehead atoms. The van der Waals surface area contributed by atoms with Crippen molar-refractivity contribution in [1.82, 2.24) is 20.5 Å². The third-order valence-electron chi connectivity index (χ3n) is 5.26. The van der Waals surface area contributed by atoms with Gasteiger partial charge in [-0.05, 0) is 37.3 Å². The average Bonchev–Trinajstić information content (AvgIpc) is 3.34. The van der Waals surface area contributed by atoms with Gasteiger partial charge in [-0.1, -0.05) is 30.5 Å². The van der Waals surface area contributed by atoms with Crippen molar-refractivity contribution in [3.8, 4) is 0 Å². The number of aromatic nitrogens is 1. The molecule has 1 atom stereocenters. The summed E-state index contributed by atoms with van der Waals surface area (Å²) < 4.78 is 0. The molecule has 1 aliphatic carbocycles. The van der Waals surface area contributed by atoms with E-state index in [0.717, 1.165) is 56.8 Å². The summed E-state index contributed by atoms with van der Waals surface area (Å²) in [5.41, 5.74) is 1.13. The summed E-state index contributed by atoms with van der Waals surface area (Å²) in [7, 11) is 1.77. The topological polar surface area (TPSA) is 69.6 Å². The lowest BCUT2D eigenvalue weighted by Crippen LogP contribution is -2.45. The first kappa shape index (κ1) is 22.2. The molecule has 0 radical (unpaired) electrons. The predicted octanol–water partition coefficient (Wildman–Crippen LogP) is 2.85. The lowest BCUT2D eigenvalue weighted by atomic mass is 10.1. The smallest absolute Gasteiger partial charge is 0.225 e. The number of nitrogens with zero attached hydrogens (tertiary/aromatic N) is 3. The van der Waals surface area contributed by atoms with Gasteiger partial charge in [0.05, 0.1) is 0 Å². The molecule has 1 unspecified atom stereocenters. The van der Waals surface area contributed by atoms with E-state index >= 15 is 0 Å². The second-order valence-corrected chi connectivity index (χ2v) is 7.52. The molecule has 1 saturated heterocycles. The number of carbonyl (C=O) groups excluding carboxylic acids is 1. The van der Waals surface area contributed by atoms with Crippen LogP contribution in [0.1, 0.15) is 37.7 Å². The van der Waals surface area contributed by atoms with Gasteiger partial charge in [0.1, 0.15) is 5.15 Å². The maximum Gasteiger partial charge on any atom is 0.225 e. The SMILES string of the molecule is CN=C(NCCc1ccc(Cl)nc1)NC1CCN(C(=O)C2CCCC2)C1.I. The van der Waals surface area contributed by atoms with Crippen molar-refractivity contribution in [2.75, 3.05) is 26.7 Å². The van der Waals surface area contributed by atoms with E-state index in [9.17, 15) is 4.79 Å². The van der Waals surface area contributed by atoms with Gasteiger partial charge < -0.3 is 15.5 Å². The Hall–Kier alpha value is -1.09. The van der Waals surface area contributed by atoms with Crippen molar-refractivity contribution in [1.29, 1.82) is 0 Å². The standard InChI is InChI=1S/C19H28ClN5O.HI/c1-21-19(22-10-8-14-6-7-17(20)23-12-14)24-16-9-11-25(13-16)18(26)15-4-2-3-5-15;/h6-7,12,15-16H,2-5,8-11,13H2,1H3,(H2,21,22,24);1H. The highest BCUT2D eigenvalue weighted by molar-refractivity contribution is 14.0. The van der Waals surface area contributed by atoms with Crippen LogP contribution >= 0.6 is 35.6 Å². The Morgan fingerprint density at radius 1 is 1.33 bits per heavy atom. The van der Waals surface area contributed by atoms with Gasteiger partial charge in [0.25, 0.3) is 0 Å². The molecular formula is C19H29ClIN5O. The molecule has 1 aromatic heterocycles. The zero-order valence-electron chi connectivity index (χ0n) is 15.8. The van der Waals surface area contributed by atoms with Crippen molar-refractivity contribution in [3.05, 3.63) is 29.0 Å². The average molecular weight is 506 g/mol. The van der Waals surface area contributed by atoms with Gasteiger partial charge in [0, 0.05) is 44.8 Å². The fourth-order valence-electron chi connectivity index (χ4n) is 3.78. The molecule has 6 nitrogen and oxygen atoms in total. The van der Waals surface area contributed by atoms with Gasteiger partial charge in [0.15, 0.2) is 5.96 Å². The Labute approximate surface area is 183 Å². The van der Waals surface area contributed by atoms with Crippen LogP contribution in [0.4, 0.5) is 0 Å². The van der Waals surface area contributed by atoms with Crippen LogP contribution < -0.4 is 10.6 Å². The van der Waals surface area contributed by atoms with E-state index in [-0.39, 0.29) is 35.9 Å². The fourth-order valence-corrected chi connectivity index (χ4v) is 3.89. The zero-order chi connectivity index (χ0) is 18.4. The van der Waals surface area contributed by atoms with Crippen molar-refractivity contribution in [2.45, 2.75) is 44.6 Å². The number of hydrogen-bond donors (Lipinski definition) is 2. The minimum absolute atomic E-state index is 0. The Kier molecular flexibility index (Phi) is 9.08. The summed E-state index contributed by atoms with van der Waals surface area (Å²) in [6.07, 6.45) is 8.15. The molecule has 2 heterocycles. The van der Waals surface area contributed by atoms with Gasteiger partial charge in [-0.2, -0.15) is 0 Å². The monoisotopic (exact) mass is 505 g/mol. The number of nitrogens with one attached hydrogen (secondary N) is 2. The fraction of sp³-hybridized carbons (Fsp3) is 0.632. The zero-order valence-corrected chi connectivity index (χ0v) is 18.9. The van der Waals surface area contributed by atoms with Crippen molar-refractivity contribution >= 4 is 47.4 Å². The lowest BCUT2D eigenvalue weighted by molar-refractivity contribution is -0.134. The van der Waals surface area contributed by atoms with E-state index in [1.165, 1.54) is 12.8 Å². The first-order valence-corrected chi connectivity index (χ1v) is 9.90. The van der Waals surface area contributed by atoms with Crippen molar-refractivity contribution < 1.29 is 4.79 Å². The number of amides is 1. The first-order chi connectivity index (χ1) is 12.7. The Morgan fingerprint density at radius 2 is 2.11 bits per heavy atom. The van der Waals surface area contributed by atoms with Crippen LogP contribution in [0.25, 0.3) is 0 Å². The predicted molar refractivity (Wildman–Crippen MR) is 120 cm³/mol. The highest BCUT2D eigenvalue weighted by Crippen LogP contribution is 2.27. The number of hydrogen-bond acceptors (Lipinski definition) is 3.